The van der Waals surface area contributed by atoms with Gasteiger partial charge in [-0.1, -0.05) is 40.0 Å². The summed E-state index contributed by atoms with van der Waals surface area (Å²) in [4.78, 5) is 0. The summed E-state index contributed by atoms with van der Waals surface area (Å²) >= 11 is 0. The Bertz CT molecular complexity index is 134. The van der Waals surface area contributed by atoms with Gasteiger partial charge in [-0.3, -0.25) is 0 Å². The topological polar surface area (TPSA) is 35.2 Å². The smallest absolute Gasteiger partial charge is 0.0466 e. The summed E-state index contributed by atoms with van der Waals surface area (Å²) in [6.45, 7) is 9.32. The van der Waals surface area contributed by atoms with E-state index in [0.29, 0.717) is 5.41 Å². The van der Waals surface area contributed by atoms with Crippen LogP contribution in [-0.2, 0) is 4.74 Å². The van der Waals surface area contributed by atoms with E-state index in [1.54, 1.807) is 0 Å². The van der Waals surface area contributed by atoms with Crippen LogP contribution in [0.1, 0.15) is 59.3 Å². The van der Waals surface area contributed by atoms with Crippen LogP contribution >= 0.6 is 0 Å². The molecule has 0 aliphatic heterocycles. The lowest BCUT2D eigenvalue weighted by atomic mass is 9.87. The van der Waals surface area contributed by atoms with Crippen molar-refractivity contribution >= 4 is 0 Å². The highest BCUT2D eigenvalue weighted by Gasteiger charge is 2.13. The molecule has 0 aliphatic rings. The van der Waals surface area contributed by atoms with Gasteiger partial charge in [0.2, 0.25) is 0 Å². The van der Waals surface area contributed by atoms with Crippen LogP contribution in [0.2, 0.25) is 0 Å². The Morgan fingerprint density at radius 3 is 2.13 bits per heavy atom. The Balaban J connectivity index is 3.11. The highest BCUT2D eigenvalue weighted by Crippen LogP contribution is 2.20. The molecule has 0 aromatic rings. The Hall–Kier alpha value is -0.0800. The second-order valence-corrected chi connectivity index (χ2v) is 5.14. The van der Waals surface area contributed by atoms with Gasteiger partial charge in [0, 0.05) is 13.2 Å². The van der Waals surface area contributed by atoms with Crippen molar-refractivity contribution in [2.24, 2.45) is 11.1 Å². The molecule has 0 unspecified atom stereocenters. The zero-order valence-electron chi connectivity index (χ0n) is 10.8. The number of nitrogens with two attached hydrogens (primary N) is 1. The van der Waals surface area contributed by atoms with Gasteiger partial charge < -0.3 is 10.5 Å². The van der Waals surface area contributed by atoms with Crippen molar-refractivity contribution in [2.75, 3.05) is 19.8 Å². The average Bonchev–Trinajstić information content (AvgIpc) is 2.22. The molecule has 15 heavy (non-hydrogen) atoms. The normalized spacial score (nSPS) is 12.0. The molecule has 2 N–H and O–H groups in total. The maximum absolute atomic E-state index is 5.67. The van der Waals surface area contributed by atoms with Crippen LogP contribution in [0, 0.1) is 5.41 Å². The minimum Gasteiger partial charge on any atom is -0.381 e. The second kappa shape index (κ2) is 9.17. The summed E-state index contributed by atoms with van der Waals surface area (Å²) in [7, 11) is 0. The van der Waals surface area contributed by atoms with Gasteiger partial charge in [0.25, 0.3) is 0 Å². The molecule has 0 heterocycles. The van der Waals surface area contributed by atoms with E-state index in [1.165, 1.54) is 38.5 Å². The van der Waals surface area contributed by atoms with Crippen molar-refractivity contribution in [1.82, 2.24) is 0 Å². The predicted molar refractivity (Wildman–Crippen MR) is 67.0 cm³/mol. The number of hydrogen-bond donors (Lipinski definition) is 1. The SMILES string of the molecule is CCCCCOCCCCC(C)(C)CN. The molecule has 0 saturated heterocycles. The molecule has 0 atom stereocenters. The fraction of sp³-hybridized carbons (Fsp3) is 1.00. The van der Waals surface area contributed by atoms with Gasteiger partial charge in [-0.05, 0) is 31.2 Å². The van der Waals surface area contributed by atoms with E-state index >= 15 is 0 Å². The third-order valence-corrected chi connectivity index (χ3v) is 2.84. The second-order valence-electron chi connectivity index (χ2n) is 5.14. The summed E-state index contributed by atoms with van der Waals surface area (Å²) in [6.07, 6.45) is 7.40. The molecular weight excluding hydrogens is 186 g/mol. The summed E-state index contributed by atoms with van der Waals surface area (Å²) in [5.74, 6) is 0. The Kier molecular flexibility index (Phi) is 9.12. The molecule has 0 aromatic carbocycles. The molecule has 0 aliphatic carbocycles. The van der Waals surface area contributed by atoms with Crippen LogP contribution in [0.4, 0.5) is 0 Å². The van der Waals surface area contributed by atoms with Crippen LogP contribution in [-0.4, -0.2) is 19.8 Å². The largest absolute Gasteiger partial charge is 0.381 e. The maximum atomic E-state index is 5.67. The van der Waals surface area contributed by atoms with Crippen molar-refractivity contribution in [1.29, 1.82) is 0 Å². The van der Waals surface area contributed by atoms with E-state index in [1.807, 2.05) is 0 Å². The van der Waals surface area contributed by atoms with Gasteiger partial charge in [0.15, 0.2) is 0 Å². The van der Waals surface area contributed by atoms with Crippen molar-refractivity contribution in [3.05, 3.63) is 0 Å². The Labute approximate surface area is 95.6 Å². The Morgan fingerprint density at radius 2 is 1.60 bits per heavy atom. The number of hydrogen-bond acceptors (Lipinski definition) is 2. The molecule has 0 spiro atoms. The third kappa shape index (κ3) is 10.2. The van der Waals surface area contributed by atoms with Crippen molar-refractivity contribution in [2.45, 2.75) is 59.3 Å². The predicted octanol–water partition coefficient (Wildman–Crippen LogP) is 3.35. The van der Waals surface area contributed by atoms with Gasteiger partial charge in [0.05, 0.1) is 0 Å². The van der Waals surface area contributed by atoms with Crippen LogP contribution < -0.4 is 5.73 Å². The molecule has 0 saturated carbocycles. The fourth-order valence-electron chi connectivity index (χ4n) is 1.47. The van der Waals surface area contributed by atoms with Crippen molar-refractivity contribution in [3.8, 4) is 0 Å². The lowest BCUT2D eigenvalue weighted by Gasteiger charge is -2.21. The molecule has 0 rings (SSSR count). The third-order valence-electron chi connectivity index (χ3n) is 2.84. The molecule has 0 bridgehead atoms. The number of ether oxygens (including phenoxy) is 1. The number of unbranched alkanes of at least 4 members (excludes halogenated alkanes) is 3. The molecule has 0 fully saturated rings. The van der Waals surface area contributed by atoms with E-state index in [2.05, 4.69) is 20.8 Å². The van der Waals surface area contributed by atoms with E-state index in [9.17, 15) is 0 Å². The minimum atomic E-state index is 0.308. The molecule has 0 aromatic heterocycles. The van der Waals surface area contributed by atoms with Crippen LogP contribution in [0.25, 0.3) is 0 Å². The Morgan fingerprint density at radius 1 is 1.00 bits per heavy atom. The lowest BCUT2D eigenvalue weighted by molar-refractivity contribution is 0.123. The first-order valence-corrected chi connectivity index (χ1v) is 6.40. The highest BCUT2D eigenvalue weighted by molar-refractivity contribution is 4.68. The quantitative estimate of drug-likeness (QED) is 0.567. The van der Waals surface area contributed by atoms with Crippen molar-refractivity contribution in [3.63, 3.8) is 0 Å². The maximum Gasteiger partial charge on any atom is 0.0466 e. The van der Waals surface area contributed by atoms with Crippen LogP contribution in [0.15, 0.2) is 0 Å². The van der Waals surface area contributed by atoms with Gasteiger partial charge in [-0.15, -0.1) is 0 Å². The average molecular weight is 215 g/mol. The van der Waals surface area contributed by atoms with Gasteiger partial charge in [-0.2, -0.15) is 0 Å². The molecule has 0 radical (unpaired) electrons. The first kappa shape index (κ1) is 14.9. The summed E-state index contributed by atoms with van der Waals surface area (Å²) < 4.78 is 5.55. The fourth-order valence-corrected chi connectivity index (χ4v) is 1.47. The molecule has 2 heteroatoms. The first-order valence-electron chi connectivity index (χ1n) is 6.40. The first-order chi connectivity index (χ1) is 7.12. The van der Waals surface area contributed by atoms with Crippen molar-refractivity contribution < 1.29 is 4.74 Å². The van der Waals surface area contributed by atoms with E-state index in [4.69, 9.17) is 10.5 Å². The van der Waals surface area contributed by atoms with Gasteiger partial charge >= 0.3 is 0 Å². The van der Waals surface area contributed by atoms with E-state index in [0.717, 1.165) is 19.8 Å². The summed E-state index contributed by atoms with van der Waals surface area (Å²) in [5.41, 5.74) is 5.98. The van der Waals surface area contributed by atoms with Crippen LogP contribution in [0.5, 0.6) is 0 Å². The zero-order valence-corrected chi connectivity index (χ0v) is 10.8. The van der Waals surface area contributed by atoms with E-state index < -0.39 is 0 Å². The monoisotopic (exact) mass is 215 g/mol. The summed E-state index contributed by atoms with van der Waals surface area (Å²) in [5, 5.41) is 0. The highest BCUT2D eigenvalue weighted by atomic mass is 16.5. The summed E-state index contributed by atoms with van der Waals surface area (Å²) in [6, 6.07) is 0. The van der Waals surface area contributed by atoms with Gasteiger partial charge in [-0.25, -0.2) is 0 Å². The van der Waals surface area contributed by atoms with E-state index in [-0.39, 0.29) is 0 Å². The molecular formula is C13H29NO. The molecule has 2 nitrogen and oxygen atoms in total. The van der Waals surface area contributed by atoms with Crippen LogP contribution in [0.3, 0.4) is 0 Å². The lowest BCUT2D eigenvalue weighted by Crippen LogP contribution is -2.23. The zero-order chi connectivity index (χ0) is 11.6. The standard InChI is InChI=1S/C13H29NO/c1-4-5-7-10-15-11-8-6-9-13(2,3)12-14/h4-12,14H2,1-3H3. The molecule has 92 valence electrons. The van der Waals surface area contributed by atoms with Gasteiger partial charge in [0.1, 0.15) is 0 Å². The minimum absolute atomic E-state index is 0.308. The number of rotatable bonds is 10. The molecule has 0 amide bonds.